The van der Waals surface area contributed by atoms with E-state index in [-0.39, 0.29) is 11.7 Å². The number of pyridine rings is 3. The number of hydrogen-bond donors (Lipinski definition) is 4. The van der Waals surface area contributed by atoms with Gasteiger partial charge in [-0.3, -0.25) is 24.8 Å². The number of amides is 1. The first-order valence-electron chi connectivity index (χ1n) is 12.1. The molecule has 0 unspecified atom stereocenters. The van der Waals surface area contributed by atoms with E-state index in [1.54, 1.807) is 31.0 Å². The topological polar surface area (TPSA) is 145 Å². The number of phenols is 1. The van der Waals surface area contributed by atoms with Crippen LogP contribution >= 0.6 is 0 Å². The van der Waals surface area contributed by atoms with Gasteiger partial charge in [0.1, 0.15) is 17.3 Å². The number of hydrogen-bond acceptors (Lipinski definition) is 7. The van der Waals surface area contributed by atoms with Crippen LogP contribution in [0.3, 0.4) is 0 Å². The van der Waals surface area contributed by atoms with Crippen molar-refractivity contribution in [1.29, 1.82) is 0 Å². The summed E-state index contributed by atoms with van der Waals surface area (Å²) in [4.78, 5) is 33.5. The van der Waals surface area contributed by atoms with Gasteiger partial charge in [0.05, 0.1) is 46.5 Å². The summed E-state index contributed by atoms with van der Waals surface area (Å²) in [5.74, 6) is -0.387. The molecular weight excluding hydrogens is 499 g/mol. The predicted molar refractivity (Wildman–Crippen MR) is 145 cm³/mol. The number of carbonyl (C=O) groups excluding carboxylic acids is 1. The molecule has 11 heteroatoms. The van der Waals surface area contributed by atoms with E-state index in [0.29, 0.717) is 50.6 Å². The van der Waals surface area contributed by atoms with Gasteiger partial charge in [-0.25, -0.2) is 9.37 Å². The standard InChI is InChI=1S/C28H23FN8O2/c1-28(2,3)27(39)33-17-5-15(9-30-10-17)21-8-19-22(13-32-21)36-37-25(19)26-34-23-12-31-11-20(24(23)35-26)14-4-16(29)7-18(38)6-14/h4-13,38H,1-3H3,(H,33,39)(H,34,35)(H,36,37). The Bertz CT molecular complexity index is 1870. The second-order valence-corrected chi connectivity index (χ2v) is 10.2. The second-order valence-electron chi connectivity index (χ2n) is 10.2. The van der Waals surface area contributed by atoms with Crippen LogP contribution in [0.5, 0.6) is 5.75 Å². The van der Waals surface area contributed by atoms with Crippen LogP contribution in [0.4, 0.5) is 10.1 Å². The van der Waals surface area contributed by atoms with Crippen molar-refractivity contribution >= 4 is 33.5 Å². The molecule has 6 aromatic rings. The Balaban J connectivity index is 1.41. The number of aromatic hydroxyl groups is 1. The Labute approximate surface area is 221 Å². The lowest BCUT2D eigenvalue weighted by atomic mass is 9.95. The van der Waals surface area contributed by atoms with Crippen LogP contribution in [0.25, 0.3) is 55.8 Å². The lowest BCUT2D eigenvalue weighted by Gasteiger charge is -2.17. The maximum atomic E-state index is 14.0. The summed E-state index contributed by atoms with van der Waals surface area (Å²) in [6, 6.07) is 7.51. The van der Waals surface area contributed by atoms with E-state index in [2.05, 4.69) is 35.5 Å². The van der Waals surface area contributed by atoms with E-state index in [4.69, 9.17) is 4.98 Å². The number of aromatic amines is 2. The zero-order valence-corrected chi connectivity index (χ0v) is 21.2. The fraction of sp³-hybridized carbons (Fsp3) is 0.143. The van der Waals surface area contributed by atoms with E-state index in [1.807, 2.05) is 32.9 Å². The number of nitrogens with zero attached hydrogens (tertiary/aromatic N) is 5. The number of anilines is 1. The van der Waals surface area contributed by atoms with Crippen molar-refractivity contribution in [3.63, 3.8) is 0 Å². The third-order valence-corrected chi connectivity index (χ3v) is 6.23. The summed E-state index contributed by atoms with van der Waals surface area (Å²) >= 11 is 0. The monoisotopic (exact) mass is 522 g/mol. The van der Waals surface area contributed by atoms with Crippen molar-refractivity contribution < 1.29 is 14.3 Å². The third kappa shape index (κ3) is 4.54. The van der Waals surface area contributed by atoms with Crippen molar-refractivity contribution in [3.8, 4) is 39.7 Å². The van der Waals surface area contributed by atoms with E-state index < -0.39 is 11.2 Å². The molecule has 6 rings (SSSR count). The zero-order chi connectivity index (χ0) is 27.3. The largest absolute Gasteiger partial charge is 0.508 e. The fourth-order valence-electron chi connectivity index (χ4n) is 4.21. The Morgan fingerprint density at radius 1 is 0.949 bits per heavy atom. The van der Waals surface area contributed by atoms with Gasteiger partial charge in [-0.15, -0.1) is 0 Å². The van der Waals surface area contributed by atoms with Crippen molar-refractivity contribution in [2.24, 2.45) is 5.41 Å². The highest BCUT2D eigenvalue weighted by Crippen LogP contribution is 2.33. The number of nitrogens with one attached hydrogen (secondary N) is 3. The van der Waals surface area contributed by atoms with Crippen molar-refractivity contribution in [3.05, 3.63) is 67.1 Å². The van der Waals surface area contributed by atoms with E-state index in [9.17, 15) is 14.3 Å². The Kier molecular flexibility index (Phi) is 5.56. The first-order valence-corrected chi connectivity index (χ1v) is 12.1. The predicted octanol–water partition coefficient (Wildman–Crippen LogP) is 5.45. The number of benzene rings is 1. The number of halogens is 1. The molecule has 0 aliphatic rings. The normalized spacial score (nSPS) is 11.8. The molecule has 5 heterocycles. The number of fused-ring (bicyclic) bond motifs is 2. The summed E-state index contributed by atoms with van der Waals surface area (Å²) in [7, 11) is 0. The number of phenolic OH excluding ortho intramolecular Hbond substituents is 1. The minimum atomic E-state index is -0.562. The number of carbonyl (C=O) groups is 1. The molecule has 4 N–H and O–H groups in total. The maximum Gasteiger partial charge on any atom is 0.229 e. The van der Waals surface area contributed by atoms with Crippen LogP contribution in [-0.2, 0) is 4.79 Å². The smallest absolute Gasteiger partial charge is 0.229 e. The quantitative estimate of drug-likeness (QED) is 0.241. The van der Waals surface area contributed by atoms with E-state index in [0.717, 1.165) is 17.0 Å². The molecule has 5 aromatic heterocycles. The Morgan fingerprint density at radius 3 is 2.56 bits per heavy atom. The highest BCUT2D eigenvalue weighted by molar-refractivity contribution is 5.98. The molecular formula is C28H23FN8O2. The first kappa shape index (κ1) is 24.2. The molecule has 1 aromatic carbocycles. The highest BCUT2D eigenvalue weighted by Gasteiger charge is 2.22. The number of aromatic nitrogens is 7. The van der Waals surface area contributed by atoms with E-state index in [1.165, 1.54) is 12.1 Å². The maximum absolute atomic E-state index is 14.0. The van der Waals surface area contributed by atoms with Crippen molar-refractivity contribution in [1.82, 2.24) is 35.1 Å². The average molecular weight is 523 g/mol. The summed E-state index contributed by atoms with van der Waals surface area (Å²) in [5.41, 5.74) is 4.84. The number of H-pyrrole nitrogens is 2. The summed E-state index contributed by atoms with van der Waals surface area (Å²) in [6.07, 6.45) is 8.14. The van der Waals surface area contributed by atoms with Crippen LogP contribution in [0, 0.1) is 11.2 Å². The minimum absolute atomic E-state index is 0.116. The molecule has 1 amide bonds. The SMILES string of the molecule is CC(C)(C)C(=O)Nc1cncc(-c2cc3c(-c4nc5c(-c6cc(O)cc(F)c6)cncc5[nH]4)n[nH]c3cn2)c1. The molecule has 0 aliphatic carbocycles. The second kappa shape index (κ2) is 8.98. The van der Waals surface area contributed by atoms with Crippen LogP contribution < -0.4 is 5.32 Å². The lowest BCUT2D eigenvalue weighted by molar-refractivity contribution is -0.123. The molecule has 10 nitrogen and oxygen atoms in total. The van der Waals surface area contributed by atoms with Gasteiger partial charge >= 0.3 is 0 Å². The third-order valence-electron chi connectivity index (χ3n) is 6.23. The van der Waals surface area contributed by atoms with Gasteiger partial charge in [0.25, 0.3) is 0 Å². The van der Waals surface area contributed by atoms with Gasteiger partial charge in [-0.05, 0) is 29.8 Å². The fourth-order valence-corrected chi connectivity index (χ4v) is 4.21. The Hall–Kier alpha value is -5.19. The highest BCUT2D eigenvalue weighted by atomic mass is 19.1. The number of imidazole rings is 1. The van der Waals surface area contributed by atoms with Gasteiger partial charge in [0, 0.05) is 40.4 Å². The van der Waals surface area contributed by atoms with Gasteiger partial charge < -0.3 is 15.4 Å². The average Bonchev–Trinajstić information content (AvgIpc) is 3.51. The molecule has 0 saturated carbocycles. The summed E-state index contributed by atoms with van der Waals surface area (Å²) < 4.78 is 14.0. The van der Waals surface area contributed by atoms with Gasteiger partial charge in [-0.2, -0.15) is 5.10 Å². The molecule has 39 heavy (non-hydrogen) atoms. The summed E-state index contributed by atoms with van der Waals surface area (Å²) in [5, 5.41) is 21.0. The molecule has 0 radical (unpaired) electrons. The summed E-state index contributed by atoms with van der Waals surface area (Å²) in [6.45, 7) is 5.53. The molecule has 0 aliphatic heterocycles. The molecule has 0 fully saturated rings. The molecule has 194 valence electrons. The molecule has 0 bridgehead atoms. The van der Waals surface area contributed by atoms with Gasteiger partial charge in [0.15, 0.2) is 5.82 Å². The lowest BCUT2D eigenvalue weighted by Crippen LogP contribution is -2.27. The van der Waals surface area contributed by atoms with Crippen molar-refractivity contribution in [2.75, 3.05) is 5.32 Å². The molecule has 0 saturated heterocycles. The van der Waals surface area contributed by atoms with Gasteiger partial charge in [0.2, 0.25) is 5.91 Å². The van der Waals surface area contributed by atoms with Crippen LogP contribution in [0.15, 0.2) is 61.3 Å². The van der Waals surface area contributed by atoms with Crippen LogP contribution in [0.1, 0.15) is 20.8 Å². The Morgan fingerprint density at radius 2 is 1.77 bits per heavy atom. The van der Waals surface area contributed by atoms with Crippen molar-refractivity contribution in [2.45, 2.75) is 20.8 Å². The molecule has 0 atom stereocenters. The zero-order valence-electron chi connectivity index (χ0n) is 21.2. The van der Waals surface area contributed by atoms with Crippen LogP contribution in [-0.4, -0.2) is 46.1 Å². The van der Waals surface area contributed by atoms with Crippen LogP contribution in [0.2, 0.25) is 0 Å². The number of rotatable bonds is 4. The minimum Gasteiger partial charge on any atom is -0.508 e. The van der Waals surface area contributed by atoms with Gasteiger partial charge in [-0.1, -0.05) is 20.8 Å². The van der Waals surface area contributed by atoms with E-state index >= 15 is 0 Å². The molecule has 0 spiro atoms. The first-order chi connectivity index (χ1) is 18.7.